The van der Waals surface area contributed by atoms with Crippen LogP contribution in [0.4, 0.5) is 5.69 Å². The molecule has 0 aromatic heterocycles. The van der Waals surface area contributed by atoms with Crippen LogP contribution < -0.4 is 15.2 Å². The van der Waals surface area contributed by atoms with Gasteiger partial charge in [-0.25, -0.2) is 4.79 Å². The van der Waals surface area contributed by atoms with E-state index in [2.05, 4.69) is 0 Å². The predicted molar refractivity (Wildman–Crippen MR) is 76.8 cm³/mol. The number of carboxylic acid groups (broad SMARTS) is 1. The number of methoxy groups -OCH3 is 1. The average Bonchev–Trinajstić information content (AvgIpc) is 2.49. The molecule has 0 aliphatic carbocycles. The van der Waals surface area contributed by atoms with Gasteiger partial charge in [0, 0.05) is 0 Å². The number of ether oxygens (including phenoxy) is 2. The zero-order chi connectivity index (χ0) is 15.4. The molecule has 0 bridgehead atoms. The van der Waals surface area contributed by atoms with Gasteiger partial charge in [-0.2, -0.15) is 0 Å². The van der Waals surface area contributed by atoms with E-state index in [1.165, 1.54) is 25.3 Å². The normalized spacial score (nSPS) is 10.2. The molecule has 2 rings (SSSR count). The summed E-state index contributed by atoms with van der Waals surface area (Å²) in [6, 6.07) is 9.21. The van der Waals surface area contributed by atoms with Crippen molar-refractivity contribution in [2.75, 3.05) is 12.8 Å². The van der Waals surface area contributed by atoms with Crippen molar-refractivity contribution < 1.29 is 24.5 Å². The number of rotatable bonds is 5. The summed E-state index contributed by atoms with van der Waals surface area (Å²) in [5.41, 5.74) is 6.77. The first-order chi connectivity index (χ1) is 10.0. The third kappa shape index (κ3) is 3.24. The molecular weight excluding hydrogens is 274 g/mol. The van der Waals surface area contributed by atoms with Gasteiger partial charge in [-0.1, -0.05) is 6.07 Å². The Kier molecular flexibility index (Phi) is 4.30. The van der Waals surface area contributed by atoms with Crippen LogP contribution in [0.1, 0.15) is 15.9 Å². The highest BCUT2D eigenvalue weighted by Crippen LogP contribution is 2.35. The van der Waals surface area contributed by atoms with Crippen LogP contribution in [-0.4, -0.2) is 23.3 Å². The molecule has 0 aliphatic rings. The molecule has 110 valence electrons. The van der Waals surface area contributed by atoms with Crippen molar-refractivity contribution in [1.82, 2.24) is 0 Å². The van der Waals surface area contributed by atoms with E-state index < -0.39 is 5.97 Å². The fourth-order valence-electron chi connectivity index (χ4n) is 1.79. The maximum atomic E-state index is 10.9. The van der Waals surface area contributed by atoms with E-state index in [9.17, 15) is 4.79 Å². The van der Waals surface area contributed by atoms with Gasteiger partial charge in [0.2, 0.25) is 0 Å². The Morgan fingerprint density at radius 2 is 1.86 bits per heavy atom. The molecule has 0 aliphatic heterocycles. The minimum absolute atomic E-state index is 0.0856. The Balaban J connectivity index is 2.32. The second-order valence-electron chi connectivity index (χ2n) is 4.30. The van der Waals surface area contributed by atoms with Crippen LogP contribution >= 0.6 is 0 Å². The number of nitrogen functional groups attached to an aromatic ring is 1. The third-order valence-electron chi connectivity index (χ3n) is 2.89. The Morgan fingerprint density at radius 3 is 2.43 bits per heavy atom. The minimum Gasteiger partial charge on any atom is -0.493 e. The van der Waals surface area contributed by atoms with Crippen molar-refractivity contribution >= 4 is 11.7 Å². The van der Waals surface area contributed by atoms with Crippen molar-refractivity contribution in [1.29, 1.82) is 0 Å². The monoisotopic (exact) mass is 289 g/mol. The highest BCUT2D eigenvalue weighted by Gasteiger charge is 2.11. The van der Waals surface area contributed by atoms with Gasteiger partial charge in [0.15, 0.2) is 17.2 Å². The lowest BCUT2D eigenvalue weighted by atomic mass is 10.2. The molecule has 0 fully saturated rings. The molecule has 0 heterocycles. The zero-order valence-corrected chi connectivity index (χ0v) is 11.4. The summed E-state index contributed by atoms with van der Waals surface area (Å²) < 4.78 is 10.8. The summed E-state index contributed by atoms with van der Waals surface area (Å²) in [7, 11) is 1.49. The first kappa shape index (κ1) is 14.7. The second-order valence-corrected chi connectivity index (χ2v) is 4.30. The van der Waals surface area contributed by atoms with E-state index in [0.717, 1.165) is 0 Å². The highest BCUT2D eigenvalue weighted by atomic mass is 16.5. The van der Waals surface area contributed by atoms with Gasteiger partial charge in [-0.05, 0) is 35.9 Å². The quantitative estimate of drug-likeness (QED) is 0.730. The number of hydrogen-bond donors (Lipinski definition) is 3. The molecule has 21 heavy (non-hydrogen) atoms. The average molecular weight is 289 g/mol. The number of benzene rings is 2. The standard InChI is InChI=1S/C15H15NO5/c1-20-14-6-9(8-17)2-4-13(14)21-12-5-3-10(15(18)19)7-11(12)16/h2-7,17H,8,16H2,1H3,(H,18,19). The lowest BCUT2D eigenvalue weighted by Crippen LogP contribution is -2.00. The van der Waals surface area contributed by atoms with E-state index in [1.54, 1.807) is 18.2 Å². The third-order valence-corrected chi connectivity index (χ3v) is 2.89. The van der Waals surface area contributed by atoms with E-state index in [-0.39, 0.29) is 17.9 Å². The summed E-state index contributed by atoms with van der Waals surface area (Å²) in [6.07, 6.45) is 0. The Bertz CT molecular complexity index is 669. The summed E-state index contributed by atoms with van der Waals surface area (Å²) in [5, 5.41) is 18.0. The van der Waals surface area contributed by atoms with Crippen LogP contribution in [0.3, 0.4) is 0 Å². The van der Waals surface area contributed by atoms with Crippen LogP contribution in [0.5, 0.6) is 17.2 Å². The van der Waals surface area contributed by atoms with Gasteiger partial charge >= 0.3 is 5.97 Å². The van der Waals surface area contributed by atoms with Crippen LogP contribution in [0, 0.1) is 0 Å². The predicted octanol–water partition coefficient (Wildman–Crippen LogP) is 2.26. The highest BCUT2D eigenvalue weighted by molar-refractivity contribution is 5.89. The molecule has 0 amide bonds. The Morgan fingerprint density at radius 1 is 1.14 bits per heavy atom. The van der Waals surface area contributed by atoms with Crippen molar-refractivity contribution in [3.63, 3.8) is 0 Å². The molecule has 4 N–H and O–H groups in total. The van der Waals surface area contributed by atoms with E-state index in [0.29, 0.717) is 22.8 Å². The van der Waals surface area contributed by atoms with Crippen LogP contribution in [0.25, 0.3) is 0 Å². The SMILES string of the molecule is COc1cc(CO)ccc1Oc1ccc(C(=O)O)cc1N. The smallest absolute Gasteiger partial charge is 0.335 e. The Labute approximate surface area is 121 Å². The number of aliphatic hydroxyl groups is 1. The van der Waals surface area contributed by atoms with Crippen LogP contribution in [0.15, 0.2) is 36.4 Å². The second kappa shape index (κ2) is 6.15. The largest absolute Gasteiger partial charge is 0.493 e. The van der Waals surface area contributed by atoms with E-state index in [4.69, 9.17) is 25.4 Å². The molecule has 0 atom stereocenters. The van der Waals surface area contributed by atoms with Crippen molar-refractivity contribution in [2.24, 2.45) is 0 Å². The topological polar surface area (TPSA) is 102 Å². The van der Waals surface area contributed by atoms with E-state index >= 15 is 0 Å². The summed E-state index contributed by atoms with van der Waals surface area (Å²) in [5.74, 6) is 0.140. The van der Waals surface area contributed by atoms with Crippen LogP contribution in [0.2, 0.25) is 0 Å². The fourth-order valence-corrected chi connectivity index (χ4v) is 1.79. The first-order valence-corrected chi connectivity index (χ1v) is 6.13. The molecule has 0 saturated carbocycles. The molecule has 2 aromatic rings. The van der Waals surface area contributed by atoms with Crippen molar-refractivity contribution in [2.45, 2.75) is 6.61 Å². The molecule has 0 spiro atoms. The molecular formula is C15H15NO5. The number of anilines is 1. The maximum Gasteiger partial charge on any atom is 0.335 e. The first-order valence-electron chi connectivity index (χ1n) is 6.13. The number of carbonyl (C=O) groups is 1. The fraction of sp³-hybridized carbons (Fsp3) is 0.133. The molecule has 0 radical (unpaired) electrons. The number of hydrogen-bond acceptors (Lipinski definition) is 5. The number of carboxylic acids is 1. The summed E-state index contributed by atoms with van der Waals surface area (Å²) >= 11 is 0. The minimum atomic E-state index is -1.06. The molecule has 0 saturated heterocycles. The van der Waals surface area contributed by atoms with Gasteiger partial charge in [0.05, 0.1) is 25.0 Å². The molecule has 0 unspecified atom stereocenters. The maximum absolute atomic E-state index is 10.9. The van der Waals surface area contributed by atoms with Crippen molar-refractivity contribution in [3.8, 4) is 17.2 Å². The zero-order valence-electron chi connectivity index (χ0n) is 11.4. The lowest BCUT2D eigenvalue weighted by molar-refractivity contribution is 0.0697. The van der Waals surface area contributed by atoms with Gasteiger partial charge < -0.3 is 25.4 Å². The number of nitrogens with two attached hydrogens (primary N) is 1. The summed E-state index contributed by atoms with van der Waals surface area (Å²) in [4.78, 5) is 10.9. The van der Waals surface area contributed by atoms with Gasteiger partial charge in [-0.3, -0.25) is 0 Å². The van der Waals surface area contributed by atoms with Crippen molar-refractivity contribution in [3.05, 3.63) is 47.5 Å². The van der Waals surface area contributed by atoms with E-state index in [1.807, 2.05) is 0 Å². The molecule has 6 heteroatoms. The number of aliphatic hydroxyl groups excluding tert-OH is 1. The van der Waals surface area contributed by atoms with Gasteiger partial charge in [0.25, 0.3) is 0 Å². The lowest BCUT2D eigenvalue weighted by Gasteiger charge is -2.13. The van der Waals surface area contributed by atoms with Gasteiger partial charge in [0.1, 0.15) is 0 Å². The summed E-state index contributed by atoms with van der Waals surface area (Å²) in [6.45, 7) is -0.105. The Hall–Kier alpha value is -2.73. The van der Waals surface area contributed by atoms with Gasteiger partial charge in [-0.15, -0.1) is 0 Å². The molecule has 2 aromatic carbocycles. The number of aromatic carboxylic acids is 1. The molecule has 6 nitrogen and oxygen atoms in total. The van der Waals surface area contributed by atoms with Crippen LogP contribution in [-0.2, 0) is 6.61 Å².